The van der Waals surface area contributed by atoms with E-state index in [1.807, 2.05) is 52.3 Å². The highest BCUT2D eigenvalue weighted by Crippen LogP contribution is 2.35. The highest BCUT2D eigenvalue weighted by Gasteiger charge is 2.44. The lowest BCUT2D eigenvalue weighted by Crippen LogP contribution is -2.59. The Hall–Kier alpha value is -2.67. The Bertz CT molecular complexity index is 1410. The molecule has 2 N–H and O–H groups in total. The number of piperazine rings is 1. The minimum Gasteiger partial charge on any atom is -0.465 e. The number of piperidine rings is 2. The summed E-state index contributed by atoms with van der Waals surface area (Å²) in [6.07, 6.45) is 2.19. The number of amides is 4. The molecule has 0 radical (unpaired) electrons. The van der Waals surface area contributed by atoms with Crippen LogP contribution in [0.25, 0.3) is 0 Å². The van der Waals surface area contributed by atoms with Crippen molar-refractivity contribution in [1.29, 1.82) is 0 Å². The van der Waals surface area contributed by atoms with Gasteiger partial charge in [0.25, 0.3) is 0 Å². The lowest BCUT2D eigenvalue weighted by molar-refractivity contribution is -0.140. The van der Waals surface area contributed by atoms with Crippen LogP contribution in [0, 0.1) is 5.92 Å². The number of benzene rings is 2. The molecule has 3 fully saturated rings. The summed E-state index contributed by atoms with van der Waals surface area (Å²) in [5.41, 5.74) is 2.81. The third-order valence-electron chi connectivity index (χ3n) is 10.2. The maximum Gasteiger partial charge on any atom is 0.407 e. The van der Waals surface area contributed by atoms with Crippen molar-refractivity contribution in [1.82, 2.24) is 24.5 Å². The van der Waals surface area contributed by atoms with Crippen LogP contribution in [0.3, 0.4) is 0 Å². The van der Waals surface area contributed by atoms with Crippen LogP contribution in [-0.4, -0.2) is 119 Å². The van der Waals surface area contributed by atoms with Crippen LogP contribution in [0.1, 0.15) is 36.8 Å². The topological polar surface area (TPSA) is 99.7 Å². The van der Waals surface area contributed by atoms with Gasteiger partial charge in [-0.15, -0.1) is 0 Å². The maximum atomic E-state index is 14.5. The number of nitrogens with one attached hydrogen (secondary N) is 1. The van der Waals surface area contributed by atoms with Gasteiger partial charge in [-0.2, -0.15) is 0 Å². The largest absolute Gasteiger partial charge is 0.465 e. The van der Waals surface area contributed by atoms with E-state index in [0.29, 0.717) is 44.9 Å². The molecule has 4 aliphatic rings. The number of urea groups is 1. The summed E-state index contributed by atoms with van der Waals surface area (Å²) < 4.78 is 1.81. The van der Waals surface area contributed by atoms with Crippen LogP contribution in [0.4, 0.5) is 15.3 Å². The van der Waals surface area contributed by atoms with Gasteiger partial charge in [0.2, 0.25) is 5.91 Å². The first-order valence-electron chi connectivity index (χ1n) is 16.0. The fraction of sp³-hybridized carbons (Fsp3) is 0.545. The number of likely N-dealkylation sites (tertiary alicyclic amines) is 2. The molecule has 2 aromatic rings. The van der Waals surface area contributed by atoms with Crippen LogP contribution in [0.5, 0.6) is 0 Å². The first-order chi connectivity index (χ1) is 21.7. The van der Waals surface area contributed by atoms with Crippen molar-refractivity contribution in [3.8, 4) is 0 Å². The van der Waals surface area contributed by atoms with Crippen LogP contribution in [0.15, 0.2) is 51.4 Å². The lowest BCUT2D eigenvalue weighted by atomic mass is 9.82. The molecule has 0 spiro atoms. The van der Waals surface area contributed by atoms with Gasteiger partial charge in [-0.05, 0) is 100 Å². The van der Waals surface area contributed by atoms with Crippen LogP contribution < -0.4 is 5.32 Å². The molecule has 242 valence electrons. The molecular weight excluding hydrogens is 704 g/mol. The normalized spacial score (nSPS) is 24.2. The second-order valence-corrected chi connectivity index (χ2v) is 14.6. The summed E-state index contributed by atoms with van der Waals surface area (Å²) in [5.74, 6) is -0.562. The first kappa shape index (κ1) is 32.3. The molecule has 2 unspecified atom stereocenters. The predicted molar refractivity (Wildman–Crippen MR) is 180 cm³/mol. The van der Waals surface area contributed by atoms with E-state index in [4.69, 9.17) is 0 Å². The van der Waals surface area contributed by atoms with E-state index >= 15 is 0 Å². The highest BCUT2D eigenvalue weighted by atomic mass is 79.9. The number of carbonyl (C=O) groups is 3. The van der Waals surface area contributed by atoms with Gasteiger partial charge < -0.3 is 30.0 Å². The molecule has 10 nitrogen and oxygen atoms in total. The number of hydrogen-bond acceptors (Lipinski definition) is 5. The zero-order chi connectivity index (χ0) is 31.7. The molecule has 6 rings (SSSR count). The van der Waals surface area contributed by atoms with E-state index in [0.717, 1.165) is 64.8 Å². The Morgan fingerprint density at radius 3 is 2.36 bits per heavy atom. The third-order valence-corrected chi connectivity index (χ3v) is 12.1. The van der Waals surface area contributed by atoms with Crippen LogP contribution >= 0.6 is 31.9 Å². The average Bonchev–Trinajstić information content (AvgIpc) is 3.05. The number of nitrogens with zero attached hydrogens (tertiary/aromatic N) is 5. The Labute approximate surface area is 281 Å². The van der Waals surface area contributed by atoms with Gasteiger partial charge in [0, 0.05) is 85.1 Å². The second-order valence-electron chi connectivity index (χ2n) is 12.9. The van der Waals surface area contributed by atoms with Crippen molar-refractivity contribution in [2.45, 2.75) is 56.8 Å². The van der Waals surface area contributed by atoms with E-state index in [-0.39, 0.29) is 24.5 Å². The number of carboxylic acid groups (broad SMARTS) is 1. The Morgan fingerprint density at radius 1 is 0.933 bits per heavy atom. The summed E-state index contributed by atoms with van der Waals surface area (Å²) in [5, 5.41) is 13.4. The molecule has 0 aliphatic carbocycles. The number of fused-ring (bicyclic) bond motifs is 1. The fourth-order valence-electron chi connectivity index (χ4n) is 7.58. The van der Waals surface area contributed by atoms with Gasteiger partial charge in [0.1, 0.15) is 0 Å². The highest BCUT2D eigenvalue weighted by molar-refractivity contribution is 9.13. The minimum atomic E-state index is -1.02. The molecule has 4 amide bonds. The maximum absolute atomic E-state index is 14.5. The quantitative estimate of drug-likeness (QED) is 0.424. The summed E-state index contributed by atoms with van der Waals surface area (Å²) in [6, 6.07) is 13.3. The molecule has 4 heterocycles. The minimum absolute atomic E-state index is 0.0104. The molecule has 0 aromatic heterocycles. The molecule has 12 heteroatoms. The molecular formula is C33H42Br2N6O4. The molecule has 45 heavy (non-hydrogen) atoms. The number of anilines is 1. The van der Waals surface area contributed by atoms with Gasteiger partial charge in [0.15, 0.2) is 0 Å². The standard InChI is InChI=1S/C33H42Br2N6O4/c1-37-14-16-38(17-15-37)24-8-11-39(12-9-24)31(42)26(18-22-6-7-27(34)28(35)19-22)30-20-25(10-13-40(30)33(44)45)41-21-23-4-2-3-5-29(23)36-32(41)43/h2-7,19,24-26,30H,8-18,20-21H2,1H3,(H,36,43)(H,44,45)/t25?,26?,30-/m1/s1. The van der Waals surface area contributed by atoms with Gasteiger partial charge in [-0.1, -0.05) is 24.3 Å². The number of rotatable bonds is 6. The number of halogens is 2. The Balaban J connectivity index is 1.24. The smallest absolute Gasteiger partial charge is 0.407 e. The van der Waals surface area contributed by atoms with E-state index in [2.05, 4.69) is 54.0 Å². The van der Waals surface area contributed by atoms with Crippen molar-refractivity contribution in [2.75, 3.05) is 58.2 Å². The SMILES string of the molecule is CN1CCN(C2CCN(C(=O)C(Cc3ccc(Br)c(Br)c3)[C@H]3CC(N4Cc5ccccc5NC4=O)CCN3C(=O)O)CC2)CC1. The van der Waals surface area contributed by atoms with Crippen molar-refractivity contribution in [3.05, 3.63) is 62.5 Å². The molecule has 4 aliphatic heterocycles. The van der Waals surface area contributed by atoms with Crippen molar-refractivity contribution >= 4 is 55.6 Å². The second kappa shape index (κ2) is 14.0. The molecule has 2 aromatic carbocycles. The Morgan fingerprint density at radius 2 is 1.64 bits per heavy atom. The van der Waals surface area contributed by atoms with Crippen molar-refractivity contribution in [2.24, 2.45) is 5.92 Å². The lowest BCUT2D eigenvalue weighted by Gasteiger charge is -2.47. The molecule has 0 saturated carbocycles. The van der Waals surface area contributed by atoms with E-state index < -0.39 is 18.1 Å². The van der Waals surface area contributed by atoms with E-state index in [1.165, 1.54) is 4.90 Å². The zero-order valence-corrected chi connectivity index (χ0v) is 28.9. The fourth-order valence-corrected chi connectivity index (χ4v) is 8.25. The van der Waals surface area contributed by atoms with Gasteiger partial charge in [-0.3, -0.25) is 9.69 Å². The zero-order valence-electron chi connectivity index (χ0n) is 25.7. The first-order valence-corrected chi connectivity index (χ1v) is 17.6. The van der Waals surface area contributed by atoms with E-state index in [9.17, 15) is 19.5 Å². The van der Waals surface area contributed by atoms with Crippen molar-refractivity contribution in [3.63, 3.8) is 0 Å². The van der Waals surface area contributed by atoms with Crippen molar-refractivity contribution < 1.29 is 19.5 Å². The summed E-state index contributed by atoms with van der Waals surface area (Å²) >= 11 is 7.15. The molecule has 3 saturated heterocycles. The number of carbonyl (C=O) groups excluding carboxylic acids is 2. The van der Waals surface area contributed by atoms with Gasteiger partial charge >= 0.3 is 12.1 Å². The predicted octanol–water partition coefficient (Wildman–Crippen LogP) is 5.17. The number of hydrogen-bond donors (Lipinski definition) is 2. The molecule has 0 bridgehead atoms. The number of para-hydroxylation sites is 1. The summed E-state index contributed by atoms with van der Waals surface area (Å²) in [4.78, 5) is 50.6. The summed E-state index contributed by atoms with van der Waals surface area (Å²) in [7, 11) is 2.16. The van der Waals surface area contributed by atoms with Gasteiger partial charge in [-0.25, -0.2) is 9.59 Å². The summed E-state index contributed by atoms with van der Waals surface area (Å²) in [6.45, 7) is 6.33. The number of likely N-dealkylation sites (N-methyl/N-ethyl adjacent to an activating group) is 1. The monoisotopic (exact) mass is 744 g/mol. The Kier molecular flexibility index (Phi) is 10.0. The van der Waals surface area contributed by atoms with Gasteiger partial charge in [0.05, 0.1) is 5.92 Å². The van der Waals surface area contributed by atoms with Crippen LogP contribution in [0.2, 0.25) is 0 Å². The third kappa shape index (κ3) is 7.18. The van der Waals surface area contributed by atoms with Crippen LogP contribution in [-0.2, 0) is 17.8 Å². The molecule has 3 atom stereocenters. The average molecular weight is 747 g/mol. The van der Waals surface area contributed by atoms with E-state index in [1.54, 1.807) is 0 Å².